The zero-order valence-electron chi connectivity index (χ0n) is 11.3. The Morgan fingerprint density at radius 1 is 1.37 bits per heavy atom. The lowest BCUT2D eigenvalue weighted by atomic mass is 10.1. The molecule has 0 spiro atoms. The van der Waals surface area contributed by atoms with E-state index < -0.39 is 5.82 Å². The minimum Gasteiger partial charge on any atom is -0.322 e. The van der Waals surface area contributed by atoms with E-state index in [-0.39, 0.29) is 18.1 Å². The molecule has 19 heavy (non-hydrogen) atoms. The minimum atomic E-state index is -0.402. The highest BCUT2D eigenvalue weighted by atomic mass is 19.1. The van der Waals surface area contributed by atoms with Gasteiger partial charge in [0.05, 0.1) is 12.2 Å². The van der Waals surface area contributed by atoms with Crippen molar-refractivity contribution in [3.8, 4) is 0 Å². The summed E-state index contributed by atoms with van der Waals surface area (Å²) in [5.41, 5.74) is 0.240. The number of hydrogen-bond acceptors (Lipinski definition) is 2. The summed E-state index contributed by atoms with van der Waals surface area (Å²) in [6, 6.07) is 6.20. The molecule has 1 saturated carbocycles. The number of nitrogens with one attached hydrogen (secondary N) is 2. The van der Waals surface area contributed by atoms with E-state index in [0.717, 1.165) is 12.5 Å². The average molecular weight is 264 g/mol. The molecule has 1 aliphatic rings. The second kappa shape index (κ2) is 6.66. The molecule has 3 nitrogen and oxygen atoms in total. The van der Waals surface area contributed by atoms with Gasteiger partial charge >= 0.3 is 0 Å². The SMILES string of the molecule is CC1CCC(CNCC(=O)Nc2ccccc2F)C1. The molecule has 0 aromatic heterocycles. The van der Waals surface area contributed by atoms with Crippen molar-refractivity contribution < 1.29 is 9.18 Å². The molecule has 1 aliphatic carbocycles. The van der Waals surface area contributed by atoms with Crippen LogP contribution in [0.3, 0.4) is 0 Å². The van der Waals surface area contributed by atoms with Crippen LogP contribution in [0.15, 0.2) is 24.3 Å². The molecule has 104 valence electrons. The monoisotopic (exact) mass is 264 g/mol. The number of benzene rings is 1. The Kier molecular flexibility index (Phi) is 4.91. The van der Waals surface area contributed by atoms with Crippen molar-refractivity contribution in [3.63, 3.8) is 0 Å². The van der Waals surface area contributed by atoms with Crippen LogP contribution in [0.1, 0.15) is 26.2 Å². The first-order valence-corrected chi connectivity index (χ1v) is 6.90. The van der Waals surface area contributed by atoms with Gasteiger partial charge in [0.1, 0.15) is 5.82 Å². The average Bonchev–Trinajstić information content (AvgIpc) is 2.78. The molecule has 2 atom stereocenters. The van der Waals surface area contributed by atoms with Crippen LogP contribution in [-0.4, -0.2) is 19.0 Å². The van der Waals surface area contributed by atoms with E-state index in [4.69, 9.17) is 0 Å². The van der Waals surface area contributed by atoms with Crippen LogP contribution in [-0.2, 0) is 4.79 Å². The largest absolute Gasteiger partial charge is 0.322 e. The van der Waals surface area contributed by atoms with Crippen molar-refractivity contribution in [2.75, 3.05) is 18.4 Å². The second-order valence-electron chi connectivity index (χ2n) is 5.44. The number of hydrogen-bond donors (Lipinski definition) is 2. The van der Waals surface area contributed by atoms with Gasteiger partial charge in [-0.3, -0.25) is 4.79 Å². The lowest BCUT2D eigenvalue weighted by molar-refractivity contribution is -0.115. The molecule has 0 saturated heterocycles. The van der Waals surface area contributed by atoms with Gasteiger partial charge in [0, 0.05) is 0 Å². The number of para-hydroxylation sites is 1. The number of carbonyl (C=O) groups is 1. The Labute approximate surface area is 113 Å². The van der Waals surface area contributed by atoms with Gasteiger partial charge in [0.15, 0.2) is 0 Å². The molecule has 2 rings (SSSR count). The zero-order valence-corrected chi connectivity index (χ0v) is 11.3. The van der Waals surface area contributed by atoms with Gasteiger partial charge in [-0.25, -0.2) is 4.39 Å². The summed E-state index contributed by atoms with van der Waals surface area (Å²) in [6.45, 7) is 3.37. The standard InChI is InChI=1S/C15H21FN2O/c1-11-6-7-12(8-11)9-17-10-15(19)18-14-5-3-2-4-13(14)16/h2-5,11-12,17H,6-10H2,1H3,(H,18,19). The van der Waals surface area contributed by atoms with Crippen LogP contribution >= 0.6 is 0 Å². The van der Waals surface area contributed by atoms with Crippen LogP contribution in [0.4, 0.5) is 10.1 Å². The Hall–Kier alpha value is -1.42. The molecular formula is C15H21FN2O. The molecule has 0 bridgehead atoms. The van der Waals surface area contributed by atoms with Crippen molar-refractivity contribution in [2.24, 2.45) is 11.8 Å². The molecule has 0 heterocycles. The summed E-state index contributed by atoms with van der Waals surface area (Å²) in [5, 5.41) is 5.72. The van der Waals surface area contributed by atoms with Crippen LogP contribution in [0.5, 0.6) is 0 Å². The summed E-state index contributed by atoms with van der Waals surface area (Å²) < 4.78 is 13.3. The van der Waals surface area contributed by atoms with Gasteiger partial charge in [-0.2, -0.15) is 0 Å². The molecule has 1 fully saturated rings. The van der Waals surface area contributed by atoms with Gasteiger partial charge in [-0.1, -0.05) is 25.5 Å². The molecule has 1 aromatic rings. The highest BCUT2D eigenvalue weighted by molar-refractivity contribution is 5.92. The van der Waals surface area contributed by atoms with Gasteiger partial charge < -0.3 is 10.6 Å². The Morgan fingerprint density at radius 2 is 2.16 bits per heavy atom. The smallest absolute Gasteiger partial charge is 0.238 e. The van der Waals surface area contributed by atoms with Crippen LogP contribution in [0.25, 0.3) is 0 Å². The summed E-state index contributed by atoms with van der Waals surface area (Å²) in [6.07, 6.45) is 3.76. The van der Waals surface area contributed by atoms with Crippen molar-refractivity contribution in [3.05, 3.63) is 30.1 Å². The van der Waals surface area contributed by atoms with Crippen molar-refractivity contribution in [1.82, 2.24) is 5.32 Å². The molecule has 2 unspecified atom stereocenters. The first-order chi connectivity index (χ1) is 9.15. The normalized spacial score (nSPS) is 22.4. The van der Waals surface area contributed by atoms with Gasteiger partial charge in [-0.15, -0.1) is 0 Å². The highest BCUT2D eigenvalue weighted by Crippen LogP contribution is 2.29. The fourth-order valence-corrected chi connectivity index (χ4v) is 2.66. The summed E-state index contributed by atoms with van der Waals surface area (Å²) in [7, 11) is 0. The van der Waals surface area contributed by atoms with Crippen LogP contribution in [0, 0.1) is 17.7 Å². The van der Waals surface area contributed by atoms with E-state index in [0.29, 0.717) is 5.92 Å². The predicted molar refractivity (Wildman–Crippen MR) is 74.4 cm³/mol. The fourth-order valence-electron chi connectivity index (χ4n) is 2.66. The van der Waals surface area contributed by atoms with Crippen molar-refractivity contribution in [2.45, 2.75) is 26.2 Å². The molecule has 1 amide bonds. The zero-order chi connectivity index (χ0) is 13.7. The molecule has 4 heteroatoms. The van der Waals surface area contributed by atoms with Gasteiger partial charge in [-0.05, 0) is 43.4 Å². The predicted octanol–water partition coefficient (Wildman–Crippen LogP) is 2.79. The third-order valence-electron chi connectivity index (χ3n) is 3.67. The topological polar surface area (TPSA) is 41.1 Å². The number of halogens is 1. The van der Waals surface area contributed by atoms with E-state index in [2.05, 4.69) is 17.6 Å². The summed E-state index contributed by atoms with van der Waals surface area (Å²) in [5.74, 6) is 0.881. The third-order valence-corrected chi connectivity index (χ3v) is 3.67. The van der Waals surface area contributed by atoms with Crippen LogP contribution < -0.4 is 10.6 Å². The minimum absolute atomic E-state index is 0.198. The summed E-state index contributed by atoms with van der Waals surface area (Å²) >= 11 is 0. The number of anilines is 1. The first-order valence-electron chi connectivity index (χ1n) is 6.90. The van der Waals surface area contributed by atoms with E-state index in [9.17, 15) is 9.18 Å². The van der Waals surface area contributed by atoms with E-state index in [1.54, 1.807) is 18.2 Å². The van der Waals surface area contributed by atoms with Gasteiger partial charge in [0.2, 0.25) is 5.91 Å². The Morgan fingerprint density at radius 3 is 2.84 bits per heavy atom. The van der Waals surface area contributed by atoms with E-state index >= 15 is 0 Å². The fraction of sp³-hybridized carbons (Fsp3) is 0.533. The second-order valence-corrected chi connectivity index (χ2v) is 5.44. The van der Waals surface area contributed by atoms with Crippen LogP contribution in [0.2, 0.25) is 0 Å². The Bertz CT molecular complexity index is 436. The Balaban J connectivity index is 1.69. The third kappa shape index (κ3) is 4.31. The lowest BCUT2D eigenvalue weighted by Crippen LogP contribution is -2.31. The van der Waals surface area contributed by atoms with E-state index in [1.807, 2.05) is 0 Å². The number of carbonyl (C=O) groups excluding carboxylic acids is 1. The van der Waals surface area contributed by atoms with E-state index in [1.165, 1.54) is 25.3 Å². The molecule has 2 N–H and O–H groups in total. The lowest BCUT2D eigenvalue weighted by Gasteiger charge is -2.11. The maximum atomic E-state index is 13.3. The maximum Gasteiger partial charge on any atom is 0.238 e. The molecule has 1 aromatic carbocycles. The van der Waals surface area contributed by atoms with Crippen molar-refractivity contribution in [1.29, 1.82) is 0 Å². The molecule has 0 aliphatic heterocycles. The maximum absolute atomic E-state index is 13.3. The number of amides is 1. The first kappa shape index (κ1) is 14.0. The highest BCUT2D eigenvalue weighted by Gasteiger charge is 2.20. The quantitative estimate of drug-likeness (QED) is 0.858. The molecule has 0 radical (unpaired) electrons. The van der Waals surface area contributed by atoms with Crippen molar-refractivity contribution >= 4 is 11.6 Å². The summed E-state index contributed by atoms with van der Waals surface area (Å²) in [4.78, 5) is 11.7. The van der Waals surface area contributed by atoms with Gasteiger partial charge in [0.25, 0.3) is 0 Å². The number of rotatable bonds is 5. The molecular weight excluding hydrogens is 243 g/mol.